The lowest BCUT2D eigenvalue weighted by atomic mass is 10.1. The fourth-order valence-electron chi connectivity index (χ4n) is 2.90. The lowest BCUT2D eigenvalue weighted by Crippen LogP contribution is -2.30. The maximum Gasteiger partial charge on any atom is 0.471 e. The number of carbonyl (C=O) groups is 2. The lowest BCUT2D eigenvalue weighted by Gasteiger charge is -2.19. The van der Waals surface area contributed by atoms with Gasteiger partial charge in [-0.1, -0.05) is 31.8 Å². The summed E-state index contributed by atoms with van der Waals surface area (Å²) in [4.78, 5) is 29.0. The molecule has 2 rings (SSSR count). The summed E-state index contributed by atoms with van der Waals surface area (Å²) < 4.78 is 41.3. The van der Waals surface area contributed by atoms with Gasteiger partial charge in [-0.25, -0.2) is 0 Å². The van der Waals surface area contributed by atoms with Gasteiger partial charge in [0.05, 0.1) is 0 Å². The minimum absolute atomic E-state index is 0.0110. The molecule has 0 aliphatic rings. The second-order valence-electron chi connectivity index (χ2n) is 7.57. The molecule has 0 radical (unpaired) electrons. The average Bonchev–Trinajstić information content (AvgIpc) is 3.19. The number of aryl methyl sites for hydroxylation is 1. The highest BCUT2D eigenvalue weighted by atomic mass is 19.4. The Bertz CT molecular complexity index is 864. The van der Waals surface area contributed by atoms with Gasteiger partial charge in [0, 0.05) is 37.2 Å². The lowest BCUT2D eigenvalue weighted by molar-refractivity contribution is -0.159. The second kappa shape index (κ2) is 10.9. The zero-order chi connectivity index (χ0) is 23.0. The first kappa shape index (κ1) is 24.4. The quantitative estimate of drug-likeness (QED) is 0.534. The summed E-state index contributed by atoms with van der Waals surface area (Å²) in [6.07, 6.45) is -1.20. The Balaban J connectivity index is 1.65. The maximum absolute atomic E-state index is 12.4. The summed E-state index contributed by atoms with van der Waals surface area (Å²) in [5.74, 6) is -1.50. The number of benzene rings is 1. The molecule has 0 spiro atoms. The van der Waals surface area contributed by atoms with Crippen molar-refractivity contribution in [3.63, 3.8) is 0 Å². The third-order valence-corrected chi connectivity index (χ3v) is 4.63. The summed E-state index contributed by atoms with van der Waals surface area (Å²) in [7, 11) is 1.71. The number of carbonyl (C=O) groups excluding carboxylic acids is 2. The highest BCUT2D eigenvalue weighted by Gasteiger charge is 2.38. The van der Waals surface area contributed by atoms with Gasteiger partial charge in [0.15, 0.2) is 5.82 Å². The smallest absolute Gasteiger partial charge is 0.329 e. The molecule has 1 heterocycles. The van der Waals surface area contributed by atoms with E-state index >= 15 is 0 Å². The largest absolute Gasteiger partial charge is 0.471 e. The number of hydrogen-bond acceptors (Lipinski definition) is 5. The van der Waals surface area contributed by atoms with Gasteiger partial charge in [0.25, 0.3) is 0 Å². The Morgan fingerprint density at radius 3 is 2.32 bits per heavy atom. The highest BCUT2D eigenvalue weighted by Crippen LogP contribution is 2.27. The Hall–Kier alpha value is -2.91. The number of amides is 2. The van der Waals surface area contributed by atoms with E-state index in [1.807, 2.05) is 13.8 Å². The van der Waals surface area contributed by atoms with Crippen LogP contribution in [0.5, 0.6) is 0 Å². The van der Waals surface area contributed by atoms with E-state index in [9.17, 15) is 22.8 Å². The van der Waals surface area contributed by atoms with E-state index in [4.69, 9.17) is 0 Å². The zero-order valence-electron chi connectivity index (χ0n) is 17.8. The van der Waals surface area contributed by atoms with Crippen LogP contribution >= 0.6 is 0 Å². The van der Waals surface area contributed by atoms with Gasteiger partial charge in [-0.15, -0.1) is 0 Å². The molecule has 0 saturated carbocycles. The molecule has 0 saturated heterocycles. The van der Waals surface area contributed by atoms with E-state index in [2.05, 4.69) is 20.0 Å². The third-order valence-electron chi connectivity index (χ3n) is 4.63. The summed E-state index contributed by atoms with van der Waals surface area (Å²) in [5.41, 5.74) is 1.40. The summed E-state index contributed by atoms with van der Waals surface area (Å²) in [6, 6.07) is 7.05. The van der Waals surface area contributed by atoms with Crippen molar-refractivity contribution in [2.75, 3.05) is 17.3 Å². The van der Waals surface area contributed by atoms with Gasteiger partial charge in [0.1, 0.15) is 0 Å². The number of unbranched alkanes of at least 4 members (excludes halogenated alkanes) is 3. The molecule has 2 amide bonds. The molecular formula is C21H27F3N4O3. The molecule has 31 heavy (non-hydrogen) atoms. The molecule has 0 aliphatic carbocycles. The van der Waals surface area contributed by atoms with E-state index in [0.29, 0.717) is 31.4 Å². The van der Waals surface area contributed by atoms with Gasteiger partial charge in [0.2, 0.25) is 11.8 Å². The van der Waals surface area contributed by atoms with Crippen LogP contribution in [0, 0.1) is 5.92 Å². The molecule has 0 unspecified atom stereocenters. The van der Waals surface area contributed by atoms with Gasteiger partial charge in [-0.3, -0.25) is 9.59 Å². The molecule has 7 nitrogen and oxygen atoms in total. The summed E-state index contributed by atoms with van der Waals surface area (Å²) >= 11 is 0. The van der Waals surface area contributed by atoms with E-state index in [-0.39, 0.29) is 23.6 Å². The molecular weight excluding hydrogens is 413 g/mol. The Morgan fingerprint density at radius 1 is 1.10 bits per heavy atom. The first-order valence-electron chi connectivity index (χ1n) is 10.1. The minimum atomic E-state index is -4.62. The number of nitrogens with zero attached hydrogens (tertiary/aromatic N) is 3. The summed E-state index contributed by atoms with van der Waals surface area (Å²) in [6.45, 7) is 3.67. The molecule has 0 atom stereocenters. The van der Waals surface area contributed by atoms with Crippen molar-refractivity contribution in [3.05, 3.63) is 36.0 Å². The van der Waals surface area contributed by atoms with Crippen LogP contribution in [0.1, 0.15) is 57.7 Å². The van der Waals surface area contributed by atoms with E-state index < -0.39 is 12.1 Å². The Morgan fingerprint density at radius 2 is 1.74 bits per heavy atom. The van der Waals surface area contributed by atoms with Crippen LogP contribution in [0.2, 0.25) is 0 Å². The normalized spacial score (nSPS) is 11.6. The van der Waals surface area contributed by atoms with E-state index in [1.165, 1.54) is 0 Å². The minimum Gasteiger partial charge on any atom is -0.329 e. The van der Waals surface area contributed by atoms with Crippen molar-refractivity contribution < 1.29 is 27.3 Å². The maximum atomic E-state index is 12.4. The fraction of sp³-hybridized carbons (Fsp3) is 0.524. The predicted molar refractivity (Wildman–Crippen MR) is 109 cm³/mol. The monoisotopic (exact) mass is 440 g/mol. The number of anilines is 2. The average molecular weight is 440 g/mol. The van der Waals surface area contributed by atoms with Crippen molar-refractivity contribution >= 4 is 23.2 Å². The predicted octanol–water partition coefficient (Wildman–Crippen LogP) is 4.84. The van der Waals surface area contributed by atoms with Gasteiger partial charge in [-0.05, 0) is 37.1 Å². The Labute approximate surface area is 179 Å². The van der Waals surface area contributed by atoms with Crippen LogP contribution in [-0.4, -0.2) is 29.0 Å². The molecule has 1 aromatic carbocycles. The number of hydrogen-bond donors (Lipinski definition) is 1. The van der Waals surface area contributed by atoms with Crippen molar-refractivity contribution in [2.45, 2.75) is 58.5 Å². The molecule has 1 aromatic heterocycles. The Kier molecular flexibility index (Phi) is 8.58. The number of nitrogens with one attached hydrogen (secondary N) is 1. The number of aromatic nitrogens is 2. The molecule has 170 valence electrons. The molecule has 0 fully saturated rings. The molecule has 2 aromatic rings. The van der Waals surface area contributed by atoms with Crippen LogP contribution in [0.15, 0.2) is 28.8 Å². The van der Waals surface area contributed by atoms with Crippen LogP contribution in [0.3, 0.4) is 0 Å². The molecule has 10 heteroatoms. The van der Waals surface area contributed by atoms with Crippen LogP contribution in [-0.2, 0) is 22.2 Å². The third kappa shape index (κ3) is 7.69. The molecule has 0 aliphatic heterocycles. The van der Waals surface area contributed by atoms with E-state index in [0.717, 1.165) is 18.5 Å². The zero-order valence-corrected chi connectivity index (χ0v) is 17.8. The number of halogens is 3. The highest BCUT2D eigenvalue weighted by molar-refractivity contribution is 5.95. The number of alkyl halides is 3. The van der Waals surface area contributed by atoms with Crippen LogP contribution in [0.25, 0.3) is 0 Å². The van der Waals surface area contributed by atoms with Gasteiger partial charge >= 0.3 is 12.1 Å². The van der Waals surface area contributed by atoms with Crippen molar-refractivity contribution in [3.8, 4) is 0 Å². The van der Waals surface area contributed by atoms with E-state index in [1.54, 1.807) is 36.2 Å². The van der Waals surface area contributed by atoms with Crippen LogP contribution in [0.4, 0.5) is 24.5 Å². The van der Waals surface area contributed by atoms with Gasteiger partial charge in [-0.2, -0.15) is 18.2 Å². The van der Waals surface area contributed by atoms with Crippen LogP contribution < -0.4 is 10.2 Å². The summed E-state index contributed by atoms with van der Waals surface area (Å²) in [5, 5.41) is 6.13. The van der Waals surface area contributed by atoms with Crippen molar-refractivity contribution in [1.82, 2.24) is 10.1 Å². The topological polar surface area (TPSA) is 88.3 Å². The first-order valence-corrected chi connectivity index (χ1v) is 10.1. The van der Waals surface area contributed by atoms with Crippen molar-refractivity contribution in [1.29, 1.82) is 0 Å². The molecule has 0 bridgehead atoms. The first-order chi connectivity index (χ1) is 14.6. The number of rotatable bonds is 10. The molecule has 1 N–H and O–H groups in total. The van der Waals surface area contributed by atoms with Gasteiger partial charge < -0.3 is 14.7 Å². The fourth-order valence-corrected chi connectivity index (χ4v) is 2.90. The van der Waals surface area contributed by atoms with Crippen molar-refractivity contribution in [2.24, 2.45) is 5.92 Å². The SMILES string of the molecule is CC(C)C(=O)N(C)c1ccc(NC(=O)CCCCCCc2noc(C(F)(F)F)n2)cc1. The standard InChI is InChI=1S/C21H27F3N4O3/c1-14(2)19(30)28(3)16-12-10-15(11-13-16)25-18(29)9-7-5-4-6-8-17-26-20(31-27-17)21(22,23)24/h10-14H,4-9H2,1-3H3,(H,25,29). The second-order valence-corrected chi connectivity index (χ2v) is 7.57.